The van der Waals surface area contributed by atoms with Gasteiger partial charge in [-0.2, -0.15) is 0 Å². The van der Waals surface area contributed by atoms with Crippen molar-refractivity contribution in [3.63, 3.8) is 0 Å². The van der Waals surface area contributed by atoms with Crippen LogP contribution in [-0.4, -0.2) is 28.7 Å². The third-order valence-corrected chi connectivity index (χ3v) is 3.66. The molecule has 17 heavy (non-hydrogen) atoms. The zero-order chi connectivity index (χ0) is 12.3. The van der Waals surface area contributed by atoms with E-state index in [2.05, 4.69) is 15.9 Å². The molecule has 4 heteroatoms. The van der Waals surface area contributed by atoms with Crippen molar-refractivity contribution in [3.05, 3.63) is 23.7 Å². The largest absolute Gasteiger partial charge is 0.456 e. The van der Waals surface area contributed by atoms with Crippen molar-refractivity contribution < 1.29 is 9.21 Å². The van der Waals surface area contributed by atoms with E-state index in [0.29, 0.717) is 11.8 Å². The smallest absolute Gasteiger partial charge is 0.289 e. The second-order valence-corrected chi connectivity index (χ2v) is 5.33. The molecule has 0 saturated heterocycles. The Balaban J connectivity index is 2.12. The van der Waals surface area contributed by atoms with Gasteiger partial charge < -0.3 is 9.32 Å². The molecular weight excluding hydrogens is 282 g/mol. The molecule has 0 aliphatic heterocycles. The molecule has 0 aromatic carbocycles. The van der Waals surface area contributed by atoms with Crippen molar-refractivity contribution in [2.45, 2.75) is 38.6 Å². The summed E-state index contributed by atoms with van der Waals surface area (Å²) in [6.07, 6.45) is 4.71. The first-order valence-corrected chi connectivity index (χ1v) is 7.28. The number of hydrogen-bond donors (Lipinski definition) is 0. The van der Waals surface area contributed by atoms with Gasteiger partial charge in [-0.1, -0.05) is 28.8 Å². The molecule has 1 heterocycles. The van der Waals surface area contributed by atoms with E-state index in [1.807, 2.05) is 17.9 Å². The van der Waals surface area contributed by atoms with E-state index in [1.54, 1.807) is 6.07 Å². The van der Waals surface area contributed by atoms with Crippen LogP contribution in [0.3, 0.4) is 0 Å². The molecule has 3 nitrogen and oxygen atoms in total. The fourth-order valence-corrected chi connectivity index (χ4v) is 2.83. The fraction of sp³-hybridized carbons (Fsp3) is 0.615. The van der Waals surface area contributed by atoms with Crippen LogP contribution in [0.2, 0.25) is 0 Å². The third-order valence-electron chi connectivity index (χ3n) is 3.30. The van der Waals surface area contributed by atoms with Gasteiger partial charge in [-0.25, -0.2) is 0 Å². The number of halogens is 1. The summed E-state index contributed by atoms with van der Waals surface area (Å²) in [5.41, 5.74) is 0. The van der Waals surface area contributed by atoms with Gasteiger partial charge in [-0.05, 0) is 31.9 Å². The highest BCUT2D eigenvalue weighted by molar-refractivity contribution is 9.09. The number of rotatable bonds is 4. The Labute approximate surface area is 110 Å². The molecule has 0 N–H and O–H groups in total. The fourth-order valence-electron chi connectivity index (χ4n) is 2.45. The normalized spacial score (nSPS) is 16.4. The van der Waals surface area contributed by atoms with Gasteiger partial charge in [-0.15, -0.1) is 0 Å². The summed E-state index contributed by atoms with van der Waals surface area (Å²) in [6.45, 7) is 2.62. The molecule has 0 atom stereocenters. The monoisotopic (exact) mass is 299 g/mol. The van der Waals surface area contributed by atoms with Crippen LogP contribution in [-0.2, 0) is 0 Å². The van der Waals surface area contributed by atoms with Crippen LogP contribution in [0, 0.1) is 6.92 Å². The van der Waals surface area contributed by atoms with Gasteiger partial charge in [0.2, 0.25) is 0 Å². The molecule has 0 unspecified atom stereocenters. The molecule has 1 amide bonds. The molecule has 1 aliphatic rings. The summed E-state index contributed by atoms with van der Waals surface area (Å²) in [5.74, 6) is 1.29. The van der Waals surface area contributed by atoms with Gasteiger partial charge in [-0.3, -0.25) is 4.79 Å². The van der Waals surface area contributed by atoms with Crippen molar-refractivity contribution in [1.82, 2.24) is 4.90 Å². The molecule has 1 fully saturated rings. The highest BCUT2D eigenvalue weighted by atomic mass is 79.9. The minimum Gasteiger partial charge on any atom is -0.456 e. The van der Waals surface area contributed by atoms with E-state index < -0.39 is 0 Å². The highest BCUT2D eigenvalue weighted by Gasteiger charge is 2.28. The maximum atomic E-state index is 12.3. The SMILES string of the molecule is Cc1ccc(C(=O)N(CCBr)C2CCCC2)o1. The lowest BCUT2D eigenvalue weighted by Crippen LogP contribution is -2.39. The zero-order valence-corrected chi connectivity index (χ0v) is 11.7. The summed E-state index contributed by atoms with van der Waals surface area (Å²) < 4.78 is 5.43. The van der Waals surface area contributed by atoms with Crippen LogP contribution >= 0.6 is 15.9 Å². The van der Waals surface area contributed by atoms with Crippen molar-refractivity contribution in [1.29, 1.82) is 0 Å². The number of hydrogen-bond acceptors (Lipinski definition) is 2. The third kappa shape index (κ3) is 2.92. The van der Waals surface area contributed by atoms with Gasteiger partial charge >= 0.3 is 0 Å². The Hall–Kier alpha value is -0.770. The number of furan rings is 1. The summed E-state index contributed by atoms with van der Waals surface area (Å²) in [5, 5.41) is 0.814. The Morgan fingerprint density at radius 3 is 2.71 bits per heavy atom. The minimum absolute atomic E-state index is 0.0319. The average molecular weight is 300 g/mol. The summed E-state index contributed by atoms with van der Waals surface area (Å²) >= 11 is 3.42. The number of amides is 1. The maximum Gasteiger partial charge on any atom is 0.289 e. The Bertz CT molecular complexity index is 383. The molecule has 2 rings (SSSR count). The van der Waals surface area contributed by atoms with Crippen molar-refractivity contribution >= 4 is 21.8 Å². The lowest BCUT2D eigenvalue weighted by molar-refractivity contribution is 0.0662. The van der Waals surface area contributed by atoms with Crippen LogP contribution in [0.5, 0.6) is 0 Å². The predicted octanol–water partition coefficient (Wildman–Crippen LogP) is 3.37. The van der Waals surface area contributed by atoms with E-state index in [-0.39, 0.29) is 5.91 Å². The van der Waals surface area contributed by atoms with E-state index in [0.717, 1.165) is 30.5 Å². The first kappa shape index (κ1) is 12.7. The lowest BCUT2D eigenvalue weighted by atomic mass is 10.2. The van der Waals surface area contributed by atoms with E-state index in [4.69, 9.17) is 4.42 Å². The lowest BCUT2D eigenvalue weighted by Gasteiger charge is -2.27. The topological polar surface area (TPSA) is 33.5 Å². The second kappa shape index (κ2) is 5.71. The molecule has 1 aromatic heterocycles. The van der Waals surface area contributed by atoms with Gasteiger partial charge in [0.15, 0.2) is 5.76 Å². The molecule has 1 aromatic rings. The van der Waals surface area contributed by atoms with Gasteiger partial charge in [0.05, 0.1) is 0 Å². The first-order valence-electron chi connectivity index (χ1n) is 6.15. The number of carbonyl (C=O) groups is 1. The van der Waals surface area contributed by atoms with Crippen molar-refractivity contribution in [2.24, 2.45) is 0 Å². The summed E-state index contributed by atoms with van der Waals surface area (Å²) in [4.78, 5) is 14.3. The maximum absolute atomic E-state index is 12.3. The molecule has 0 radical (unpaired) electrons. The Morgan fingerprint density at radius 2 is 2.18 bits per heavy atom. The Kier molecular flexibility index (Phi) is 4.26. The minimum atomic E-state index is 0.0319. The van der Waals surface area contributed by atoms with Crippen LogP contribution in [0.15, 0.2) is 16.5 Å². The average Bonchev–Trinajstić information content (AvgIpc) is 2.95. The van der Waals surface area contributed by atoms with Gasteiger partial charge in [0.25, 0.3) is 5.91 Å². The predicted molar refractivity (Wildman–Crippen MR) is 70.5 cm³/mol. The van der Waals surface area contributed by atoms with Crippen LogP contribution in [0.1, 0.15) is 42.0 Å². The van der Waals surface area contributed by atoms with Crippen LogP contribution in [0.25, 0.3) is 0 Å². The standard InChI is InChI=1S/C13H18BrNO2/c1-10-6-7-12(17-10)13(16)15(9-8-14)11-4-2-3-5-11/h6-7,11H,2-5,8-9H2,1H3. The van der Waals surface area contributed by atoms with Crippen LogP contribution < -0.4 is 0 Å². The van der Waals surface area contributed by atoms with E-state index >= 15 is 0 Å². The highest BCUT2D eigenvalue weighted by Crippen LogP contribution is 2.25. The quantitative estimate of drug-likeness (QED) is 0.799. The van der Waals surface area contributed by atoms with E-state index in [9.17, 15) is 4.79 Å². The summed E-state index contributed by atoms with van der Waals surface area (Å²) in [6, 6.07) is 4.01. The molecule has 94 valence electrons. The number of alkyl halides is 1. The molecule has 0 bridgehead atoms. The van der Waals surface area contributed by atoms with Crippen molar-refractivity contribution in [3.8, 4) is 0 Å². The number of aryl methyl sites for hydroxylation is 1. The van der Waals surface area contributed by atoms with Crippen molar-refractivity contribution in [2.75, 3.05) is 11.9 Å². The molecule has 0 spiro atoms. The number of carbonyl (C=O) groups excluding carboxylic acids is 1. The van der Waals surface area contributed by atoms with Gasteiger partial charge in [0.1, 0.15) is 5.76 Å². The zero-order valence-electron chi connectivity index (χ0n) is 10.1. The van der Waals surface area contributed by atoms with Gasteiger partial charge in [0, 0.05) is 17.9 Å². The number of nitrogens with zero attached hydrogens (tertiary/aromatic N) is 1. The molecule has 1 saturated carbocycles. The summed E-state index contributed by atoms with van der Waals surface area (Å²) in [7, 11) is 0. The molecular formula is C13H18BrNO2. The Morgan fingerprint density at radius 1 is 1.47 bits per heavy atom. The first-order chi connectivity index (χ1) is 8.22. The second-order valence-electron chi connectivity index (χ2n) is 4.54. The van der Waals surface area contributed by atoms with Crippen LogP contribution in [0.4, 0.5) is 0 Å². The molecule has 1 aliphatic carbocycles. The van der Waals surface area contributed by atoms with E-state index in [1.165, 1.54) is 12.8 Å².